The quantitative estimate of drug-likeness (QED) is 0.545. The molecule has 1 unspecified atom stereocenters. The molecule has 0 fully saturated rings. The molecule has 4 nitrogen and oxygen atoms in total. The number of benzene rings is 1. The van der Waals surface area contributed by atoms with Crippen LogP contribution in [0.2, 0.25) is 0 Å². The molecule has 30 heavy (non-hydrogen) atoms. The third-order valence-electron chi connectivity index (χ3n) is 4.86. The van der Waals surface area contributed by atoms with Crippen LogP contribution in [0.3, 0.4) is 0 Å². The number of carboxylic acids is 1. The highest BCUT2D eigenvalue weighted by atomic mass is 16.4. The molecule has 0 radical (unpaired) electrons. The third-order valence-corrected chi connectivity index (χ3v) is 4.86. The highest BCUT2D eigenvalue weighted by molar-refractivity contribution is 5.68. The first-order valence-electron chi connectivity index (χ1n) is 11.2. The van der Waals surface area contributed by atoms with Crippen molar-refractivity contribution in [1.29, 1.82) is 0 Å². The van der Waals surface area contributed by atoms with Gasteiger partial charge in [-0.25, -0.2) is 4.98 Å². The minimum atomic E-state index is -0.720. The normalized spacial score (nSPS) is 14.7. The van der Waals surface area contributed by atoms with Gasteiger partial charge < -0.3 is 9.67 Å². The van der Waals surface area contributed by atoms with Crippen LogP contribution in [0.25, 0.3) is 0 Å². The van der Waals surface area contributed by atoms with E-state index >= 15 is 0 Å². The van der Waals surface area contributed by atoms with Crippen molar-refractivity contribution in [3.63, 3.8) is 0 Å². The van der Waals surface area contributed by atoms with E-state index in [0.29, 0.717) is 5.92 Å². The molecule has 1 heterocycles. The smallest absolute Gasteiger partial charge is 0.304 e. The van der Waals surface area contributed by atoms with E-state index in [1.54, 1.807) is 0 Å². The number of nitrogens with zero attached hydrogens (tertiary/aromatic N) is 2. The van der Waals surface area contributed by atoms with Crippen molar-refractivity contribution in [3.8, 4) is 0 Å². The van der Waals surface area contributed by atoms with Gasteiger partial charge in [0.2, 0.25) is 0 Å². The Morgan fingerprint density at radius 2 is 1.80 bits per heavy atom. The minimum Gasteiger partial charge on any atom is -0.481 e. The molecule has 0 bridgehead atoms. The number of hydrogen-bond donors (Lipinski definition) is 1. The number of fused-ring (bicyclic) bond motifs is 1. The van der Waals surface area contributed by atoms with Crippen molar-refractivity contribution in [2.45, 2.75) is 92.5 Å². The molecule has 1 atom stereocenters. The molecule has 0 saturated heterocycles. The second-order valence-corrected chi connectivity index (χ2v) is 8.42. The zero-order valence-corrected chi connectivity index (χ0v) is 20.0. The highest BCUT2D eigenvalue weighted by Crippen LogP contribution is 2.36. The minimum absolute atomic E-state index is 0.0803. The maximum Gasteiger partial charge on any atom is 0.304 e. The van der Waals surface area contributed by atoms with Gasteiger partial charge in [0.05, 0.1) is 12.1 Å². The van der Waals surface area contributed by atoms with Crippen LogP contribution < -0.4 is 0 Å². The lowest BCUT2D eigenvalue weighted by Crippen LogP contribution is -2.18. The van der Waals surface area contributed by atoms with Crippen LogP contribution in [-0.4, -0.2) is 20.6 Å². The van der Waals surface area contributed by atoms with E-state index in [9.17, 15) is 9.90 Å². The third kappa shape index (κ3) is 7.47. The van der Waals surface area contributed by atoms with Gasteiger partial charge in [-0.2, -0.15) is 0 Å². The van der Waals surface area contributed by atoms with Gasteiger partial charge in [-0.3, -0.25) is 4.79 Å². The number of hydrogen-bond acceptors (Lipinski definition) is 2. The number of allylic oxidation sites excluding steroid dienone is 1. The Bertz CT molecular complexity index is 812. The number of imidazole rings is 1. The zero-order chi connectivity index (χ0) is 22.8. The summed E-state index contributed by atoms with van der Waals surface area (Å²) in [6.07, 6.45) is 3.14. The molecular formula is C26H40N2O2. The van der Waals surface area contributed by atoms with Crippen LogP contribution in [0.15, 0.2) is 36.4 Å². The first-order valence-corrected chi connectivity index (χ1v) is 11.2. The average Bonchev–Trinajstić information content (AvgIpc) is 3.04. The van der Waals surface area contributed by atoms with Gasteiger partial charge in [0, 0.05) is 24.1 Å². The number of carboxylic acid groups (broad SMARTS) is 1. The second-order valence-electron chi connectivity index (χ2n) is 8.42. The predicted octanol–water partition coefficient (Wildman–Crippen LogP) is 6.87. The van der Waals surface area contributed by atoms with Gasteiger partial charge in [-0.15, -0.1) is 6.58 Å². The Balaban J connectivity index is 0.000000673. The van der Waals surface area contributed by atoms with Gasteiger partial charge in [0.1, 0.15) is 5.82 Å². The monoisotopic (exact) mass is 412 g/mol. The predicted molar refractivity (Wildman–Crippen MR) is 126 cm³/mol. The van der Waals surface area contributed by atoms with Crippen LogP contribution in [0.4, 0.5) is 0 Å². The highest BCUT2D eigenvalue weighted by Gasteiger charge is 2.30. The Labute approximate surface area is 183 Å². The number of carbonyl (C=O) groups is 1. The van der Waals surface area contributed by atoms with Crippen LogP contribution in [0.5, 0.6) is 0 Å². The molecule has 2 aromatic rings. The lowest BCUT2D eigenvalue weighted by atomic mass is 9.87. The summed E-state index contributed by atoms with van der Waals surface area (Å²) in [5.74, 6) is 0.767. The topological polar surface area (TPSA) is 55.1 Å². The van der Waals surface area contributed by atoms with E-state index in [1.165, 1.54) is 16.7 Å². The fourth-order valence-corrected chi connectivity index (χ4v) is 3.72. The van der Waals surface area contributed by atoms with E-state index in [0.717, 1.165) is 43.0 Å². The lowest BCUT2D eigenvalue weighted by molar-refractivity contribution is -0.137. The van der Waals surface area contributed by atoms with Gasteiger partial charge in [0.25, 0.3) is 0 Å². The van der Waals surface area contributed by atoms with Crippen molar-refractivity contribution in [1.82, 2.24) is 9.55 Å². The maximum absolute atomic E-state index is 11.3. The first-order chi connectivity index (χ1) is 14.2. The molecular weight excluding hydrogens is 372 g/mol. The molecule has 0 saturated carbocycles. The standard InChI is InChI=1S/C20H26N2O2.C4H8.C2H6/c1-13(2)20-21-17-6-4-5-16(11-18(23)24)19(17)22(20)12-15-9-7-14(3)8-10-15;1-4(2)3;1-2/h7-10,13,16H,4-6,11-12H2,1-3H3,(H,23,24);1H2,2-3H3;1-2H3. The molecule has 0 aliphatic heterocycles. The summed E-state index contributed by atoms with van der Waals surface area (Å²) in [6.45, 7) is 18.7. The number of aryl methyl sites for hydroxylation is 2. The fourth-order valence-electron chi connectivity index (χ4n) is 3.72. The maximum atomic E-state index is 11.3. The van der Waals surface area contributed by atoms with Crippen LogP contribution in [0, 0.1) is 6.92 Å². The summed E-state index contributed by atoms with van der Waals surface area (Å²) in [5, 5.41) is 9.29. The van der Waals surface area contributed by atoms with E-state index < -0.39 is 5.97 Å². The molecule has 1 aromatic heterocycles. The van der Waals surface area contributed by atoms with E-state index in [1.807, 2.05) is 27.7 Å². The van der Waals surface area contributed by atoms with Crippen LogP contribution in [-0.2, 0) is 17.8 Å². The van der Waals surface area contributed by atoms with E-state index in [-0.39, 0.29) is 12.3 Å². The van der Waals surface area contributed by atoms with Gasteiger partial charge in [0.15, 0.2) is 0 Å². The summed E-state index contributed by atoms with van der Waals surface area (Å²) in [4.78, 5) is 16.2. The van der Waals surface area contributed by atoms with E-state index in [4.69, 9.17) is 4.98 Å². The Kier molecular flexibility index (Phi) is 10.6. The summed E-state index contributed by atoms with van der Waals surface area (Å²) in [6, 6.07) is 8.56. The summed E-state index contributed by atoms with van der Waals surface area (Å²) >= 11 is 0. The average molecular weight is 413 g/mol. The van der Waals surface area contributed by atoms with Crippen LogP contribution in [0.1, 0.15) is 101 Å². The summed E-state index contributed by atoms with van der Waals surface area (Å²) < 4.78 is 2.29. The second kappa shape index (κ2) is 12.4. The van der Waals surface area contributed by atoms with Crippen molar-refractivity contribution in [2.24, 2.45) is 0 Å². The summed E-state index contributed by atoms with van der Waals surface area (Å²) in [7, 11) is 0. The van der Waals surface area contributed by atoms with Gasteiger partial charge in [-0.05, 0) is 45.6 Å². The van der Waals surface area contributed by atoms with Crippen molar-refractivity contribution in [2.75, 3.05) is 0 Å². The molecule has 3 rings (SSSR count). The molecule has 166 valence electrons. The van der Waals surface area contributed by atoms with Crippen LogP contribution >= 0.6 is 0 Å². The van der Waals surface area contributed by atoms with Crippen molar-refractivity contribution >= 4 is 5.97 Å². The molecule has 0 spiro atoms. The summed E-state index contributed by atoms with van der Waals surface area (Å²) in [5.41, 5.74) is 5.93. The SMILES string of the molecule is C=C(C)C.CC.Cc1ccc(Cn2c(C(C)C)nc3c2C(CC(=O)O)CCC3)cc1. The molecule has 1 aromatic carbocycles. The molecule has 4 heteroatoms. The molecule has 1 aliphatic rings. The number of rotatable bonds is 5. The molecule has 1 aliphatic carbocycles. The zero-order valence-electron chi connectivity index (χ0n) is 20.0. The number of aliphatic carboxylic acids is 1. The molecule has 0 amide bonds. The van der Waals surface area contributed by atoms with Crippen molar-refractivity contribution in [3.05, 3.63) is 64.8 Å². The number of aromatic nitrogens is 2. The largest absolute Gasteiger partial charge is 0.481 e. The Morgan fingerprint density at radius 1 is 1.23 bits per heavy atom. The van der Waals surface area contributed by atoms with Gasteiger partial charge in [-0.1, -0.05) is 63.1 Å². The Hall–Kier alpha value is -2.36. The first kappa shape index (κ1) is 25.7. The van der Waals surface area contributed by atoms with Gasteiger partial charge >= 0.3 is 5.97 Å². The molecule has 1 N–H and O–H groups in total. The lowest BCUT2D eigenvalue weighted by Gasteiger charge is -2.24. The Morgan fingerprint density at radius 3 is 2.30 bits per heavy atom. The van der Waals surface area contributed by atoms with E-state index in [2.05, 4.69) is 56.2 Å². The van der Waals surface area contributed by atoms with Crippen molar-refractivity contribution < 1.29 is 9.90 Å². The fraction of sp³-hybridized carbons (Fsp3) is 0.538.